The van der Waals surface area contributed by atoms with E-state index < -0.39 is 23.5 Å². The van der Waals surface area contributed by atoms with Crippen LogP contribution in [-0.2, 0) is 20.9 Å². The monoisotopic (exact) mass is 408 g/mol. The van der Waals surface area contributed by atoms with E-state index in [-0.39, 0.29) is 30.5 Å². The van der Waals surface area contributed by atoms with Gasteiger partial charge in [-0.3, -0.25) is 19.3 Å². The van der Waals surface area contributed by atoms with Crippen LogP contribution >= 0.6 is 0 Å². The van der Waals surface area contributed by atoms with Gasteiger partial charge < -0.3 is 4.90 Å². The molecular formula is C24H25FN2O3. The van der Waals surface area contributed by atoms with E-state index in [1.54, 1.807) is 17.0 Å². The molecule has 1 aliphatic carbocycles. The molecule has 156 valence electrons. The number of hydrogen-bond donors (Lipinski definition) is 0. The van der Waals surface area contributed by atoms with Gasteiger partial charge in [0, 0.05) is 24.6 Å². The van der Waals surface area contributed by atoms with Crippen LogP contribution in [0.2, 0.25) is 0 Å². The summed E-state index contributed by atoms with van der Waals surface area (Å²) in [5.41, 5.74) is 1.21. The molecule has 2 aromatic rings. The largest absolute Gasteiger partial charge is 0.334 e. The van der Waals surface area contributed by atoms with E-state index in [4.69, 9.17) is 0 Å². The summed E-state index contributed by atoms with van der Waals surface area (Å²) in [5, 5.41) is 0. The second-order valence-electron chi connectivity index (χ2n) is 8.18. The Balaban J connectivity index is 1.51. The Hall–Kier alpha value is -3.02. The first-order valence-corrected chi connectivity index (χ1v) is 10.4. The molecule has 1 saturated carbocycles. The van der Waals surface area contributed by atoms with Crippen LogP contribution in [0.15, 0.2) is 54.6 Å². The highest BCUT2D eigenvalue weighted by atomic mass is 19.1. The first-order chi connectivity index (χ1) is 14.5. The van der Waals surface area contributed by atoms with Gasteiger partial charge in [-0.2, -0.15) is 0 Å². The summed E-state index contributed by atoms with van der Waals surface area (Å²) >= 11 is 0. The molecule has 1 saturated heterocycles. The number of likely N-dealkylation sites (tertiary alicyclic amines) is 1. The normalized spacial score (nSPS) is 19.8. The zero-order valence-electron chi connectivity index (χ0n) is 17.0. The maximum atomic E-state index is 14.1. The van der Waals surface area contributed by atoms with E-state index in [0.29, 0.717) is 12.5 Å². The quantitative estimate of drug-likeness (QED) is 0.659. The number of benzene rings is 2. The summed E-state index contributed by atoms with van der Waals surface area (Å²) in [5.74, 6) is -2.11. The molecule has 2 atom stereocenters. The average Bonchev–Trinajstić information content (AvgIpc) is 3.56. The van der Waals surface area contributed by atoms with Crippen molar-refractivity contribution in [2.45, 2.75) is 44.7 Å². The maximum Gasteiger partial charge on any atom is 0.243 e. The molecule has 0 aromatic heterocycles. The Labute approximate surface area is 175 Å². The molecule has 2 fully saturated rings. The van der Waals surface area contributed by atoms with E-state index in [1.807, 2.05) is 37.3 Å². The number of amides is 3. The lowest BCUT2D eigenvalue weighted by atomic mass is 9.97. The van der Waals surface area contributed by atoms with Crippen LogP contribution < -0.4 is 0 Å². The minimum Gasteiger partial charge on any atom is -0.334 e. The number of imide groups is 1. The SMILES string of the molecule is C[C@@H](C1CC1)N(Cc1ccccc1)C(=O)CN1C(=O)C[C@@H](c2ccccc2F)C1=O. The zero-order valence-corrected chi connectivity index (χ0v) is 17.0. The van der Waals surface area contributed by atoms with Gasteiger partial charge in [-0.1, -0.05) is 48.5 Å². The smallest absolute Gasteiger partial charge is 0.243 e. The van der Waals surface area contributed by atoms with Gasteiger partial charge in [0.2, 0.25) is 17.7 Å². The number of carbonyl (C=O) groups excluding carboxylic acids is 3. The minimum absolute atomic E-state index is 0.0351. The van der Waals surface area contributed by atoms with E-state index in [9.17, 15) is 18.8 Å². The summed E-state index contributed by atoms with van der Waals surface area (Å²) in [4.78, 5) is 41.3. The second-order valence-corrected chi connectivity index (χ2v) is 8.18. The van der Waals surface area contributed by atoms with Crippen molar-refractivity contribution in [1.82, 2.24) is 9.80 Å². The fourth-order valence-electron chi connectivity index (χ4n) is 4.15. The first kappa shape index (κ1) is 20.3. The zero-order chi connectivity index (χ0) is 21.3. The lowest BCUT2D eigenvalue weighted by molar-refractivity contribution is -0.147. The predicted molar refractivity (Wildman–Crippen MR) is 110 cm³/mol. The summed E-state index contributed by atoms with van der Waals surface area (Å²) < 4.78 is 14.1. The molecule has 0 bridgehead atoms. The Morgan fingerprint density at radius 2 is 1.77 bits per heavy atom. The number of nitrogens with zero attached hydrogens (tertiary/aromatic N) is 2. The lowest BCUT2D eigenvalue weighted by Crippen LogP contribution is -2.46. The second kappa shape index (κ2) is 8.38. The Morgan fingerprint density at radius 1 is 1.10 bits per heavy atom. The highest BCUT2D eigenvalue weighted by molar-refractivity contribution is 6.08. The summed E-state index contributed by atoms with van der Waals surface area (Å²) in [6, 6.07) is 15.7. The van der Waals surface area contributed by atoms with Crippen LogP contribution in [0.4, 0.5) is 4.39 Å². The van der Waals surface area contributed by atoms with Crippen molar-refractivity contribution in [3.05, 3.63) is 71.5 Å². The predicted octanol–water partition coefficient (Wildman–Crippen LogP) is 3.50. The maximum absolute atomic E-state index is 14.1. The van der Waals surface area contributed by atoms with Gasteiger partial charge >= 0.3 is 0 Å². The van der Waals surface area contributed by atoms with Crippen LogP contribution in [0.1, 0.15) is 43.2 Å². The molecule has 1 heterocycles. The van der Waals surface area contributed by atoms with E-state index in [2.05, 4.69) is 0 Å². The average molecular weight is 408 g/mol. The summed E-state index contributed by atoms with van der Waals surface area (Å²) in [7, 11) is 0. The first-order valence-electron chi connectivity index (χ1n) is 10.4. The van der Waals surface area contributed by atoms with Gasteiger partial charge in [-0.05, 0) is 37.3 Å². The van der Waals surface area contributed by atoms with Gasteiger partial charge in [-0.25, -0.2) is 4.39 Å². The van der Waals surface area contributed by atoms with Gasteiger partial charge in [-0.15, -0.1) is 0 Å². The third kappa shape index (κ3) is 4.13. The molecule has 0 spiro atoms. The molecule has 2 aromatic carbocycles. The van der Waals surface area contributed by atoms with Crippen LogP contribution in [0.5, 0.6) is 0 Å². The molecular weight excluding hydrogens is 383 g/mol. The van der Waals surface area contributed by atoms with Crippen molar-refractivity contribution in [2.24, 2.45) is 5.92 Å². The van der Waals surface area contributed by atoms with Crippen molar-refractivity contribution < 1.29 is 18.8 Å². The minimum atomic E-state index is -0.866. The topological polar surface area (TPSA) is 57.7 Å². The molecule has 2 aliphatic rings. The van der Waals surface area contributed by atoms with Gasteiger partial charge in [0.1, 0.15) is 12.4 Å². The Bertz CT molecular complexity index is 958. The molecule has 4 rings (SSSR count). The molecule has 0 radical (unpaired) electrons. The number of hydrogen-bond acceptors (Lipinski definition) is 3. The molecule has 6 heteroatoms. The van der Waals surface area contributed by atoms with Crippen LogP contribution in [0.25, 0.3) is 0 Å². The number of rotatable bonds is 7. The van der Waals surface area contributed by atoms with Crippen LogP contribution in [0, 0.1) is 11.7 Å². The molecule has 30 heavy (non-hydrogen) atoms. The van der Waals surface area contributed by atoms with Crippen molar-refractivity contribution >= 4 is 17.7 Å². The number of halogens is 1. The van der Waals surface area contributed by atoms with Gasteiger partial charge in [0.25, 0.3) is 0 Å². The van der Waals surface area contributed by atoms with Crippen molar-refractivity contribution in [3.63, 3.8) is 0 Å². The Kier molecular flexibility index (Phi) is 5.66. The third-order valence-electron chi connectivity index (χ3n) is 6.13. The van der Waals surface area contributed by atoms with Gasteiger partial charge in [0.15, 0.2) is 0 Å². The van der Waals surface area contributed by atoms with Crippen molar-refractivity contribution in [1.29, 1.82) is 0 Å². The standard InChI is InChI=1S/C24H25FN2O3/c1-16(18-11-12-18)26(14-17-7-3-2-4-8-17)23(29)15-27-22(28)13-20(24(27)30)19-9-5-6-10-21(19)25/h2-10,16,18,20H,11-15H2,1H3/t16-,20-/m0/s1. The van der Waals surface area contributed by atoms with Crippen molar-refractivity contribution in [2.75, 3.05) is 6.54 Å². The summed E-state index contributed by atoms with van der Waals surface area (Å²) in [6.45, 7) is 2.16. The van der Waals surface area contributed by atoms with E-state index >= 15 is 0 Å². The highest BCUT2D eigenvalue weighted by Crippen LogP contribution is 2.36. The fourth-order valence-corrected chi connectivity index (χ4v) is 4.15. The fraction of sp³-hybridized carbons (Fsp3) is 0.375. The highest BCUT2D eigenvalue weighted by Gasteiger charge is 2.43. The lowest BCUT2D eigenvalue weighted by Gasteiger charge is -2.31. The molecule has 0 unspecified atom stereocenters. The van der Waals surface area contributed by atoms with E-state index in [0.717, 1.165) is 23.3 Å². The molecule has 0 N–H and O–H groups in total. The molecule has 3 amide bonds. The van der Waals surface area contributed by atoms with E-state index in [1.165, 1.54) is 12.1 Å². The van der Waals surface area contributed by atoms with Gasteiger partial charge in [0.05, 0.1) is 5.92 Å². The van der Waals surface area contributed by atoms with Crippen LogP contribution in [-0.4, -0.2) is 40.1 Å². The Morgan fingerprint density at radius 3 is 2.43 bits per heavy atom. The molecule has 5 nitrogen and oxygen atoms in total. The van der Waals surface area contributed by atoms with Crippen molar-refractivity contribution in [3.8, 4) is 0 Å². The number of carbonyl (C=O) groups is 3. The van der Waals surface area contributed by atoms with Crippen LogP contribution in [0.3, 0.4) is 0 Å². The summed E-state index contributed by atoms with van der Waals surface area (Å²) in [6.07, 6.45) is 2.05. The molecule has 1 aliphatic heterocycles. The third-order valence-corrected chi connectivity index (χ3v) is 6.13.